The van der Waals surface area contributed by atoms with Gasteiger partial charge < -0.3 is 24.8 Å². The van der Waals surface area contributed by atoms with Gasteiger partial charge in [0.2, 0.25) is 9.70 Å². The van der Waals surface area contributed by atoms with Crippen LogP contribution in [0, 0.1) is 0 Å². The molecule has 0 aliphatic carbocycles. The number of rotatable bonds is 7. The van der Waals surface area contributed by atoms with E-state index in [9.17, 15) is 19.2 Å². The van der Waals surface area contributed by atoms with E-state index in [-0.39, 0.29) is 10.9 Å². The van der Waals surface area contributed by atoms with Crippen LogP contribution >= 0.6 is 46.6 Å². The number of nitrogens with zero attached hydrogens (tertiary/aromatic N) is 1. The van der Waals surface area contributed by atoms with Gasteiger partial charge in [0.1, 0.15) is 41.1 Å². The second kappa shape index (κ2) is 11.8. The lowest BCUT2D eigenvalue weighted by Gasteiger charge is -2.50. The molecule has 1 fully saturated rings. The Bertz CT molecular complexity index is 1120. The second-order valence-corrected chi connectivity index (χ2v) is 13.5. The summed E-state index contributed by atoms with van der Waals surface area (Å²) < 4.78 is 13.7. The van der Waals surface area contributed by atoms with Crippen LogP contribution in [0.4, 0.5) is 4.79 Å². The van der Waals surface area contributed by atoms with Crippen molar-refractivity contribution in [1.82, 2.24) is 15.5 Å². The van der Waals surface area contributed by atoms with E-state index in [2.05, 4.69) is 10.6 Å². The topological polar surface area (TPSA) is 123 Å². The summed E-state index contributed by atoms with van der Waals surface area (Å²) in [6, 6.07) is 4.39. The number of halogens is 3. The number of methoxy groups -OCH3 is 1. The Morgan fingerprint density at radius 3 is 2.32 bits per heavy atom. The molecule has 0 bridgehead atoms. The quantitative estimate of drug-likeness (QED) is 0.272. The molecule has 3 unspecified atom stereocenters. The summed E-state index contributed by atoms with van der Waals surface area (Å²) in [6.45, 7) is 6.42. The number of benzene rings is 1. The van der Waals surface area contributed by atoms with Gasteiger partial charge in [-0.25, -0.2) is 9.59 Å². The van der Waals surface area contributed by atoms with Gasteiger partial charge in [-0.2, -0.15) is 0 Å². The van der Waals surface area contributed by atoms with Gasteiger partial charge in [-0.3, -0.25) is 14.5 Å². The first-order valence-corrected chi connectivity index (χ1v) is 13.6. The number of amides is 3. The number of fused-ring (bicyclic) bond motifs is 1. The van der Waals surface area contributed by atoms with Gasteiger partial charge in [0.05, 0.1) is 7.11 Å². The van der Waals surface area contributed by atoms with Crippen LogP contribution in [-0.4, -0.2) is 68.6 Å². The van der Waals surface area contributed by atoms with Gasteiger partial charge in [-0.05, 0) is 51.5 Å². The maximum absolute atomic E-state index is 13.4. The lowest BCUT2D eigenvalue weighted by atomic mass is 10.0. The van der Waals surface area contributed by atoms with Crippen molar-refractivity contribution in [2.24, 2.45) is 0 Å². The first-order chi connectivity index (χ1) is 17.6. The number of ether oxygens (including phenoxy) is 3. The molecule has 3 amide bonds. The number of hydrogen-bond acceptors (Lipinski definition) is 8. The Kier molecular flexibility index (Phi) is 9.39. The normalized spacial score (nSPS) is 21.8. The van der Waals surface area contributed by atoms with Crippen LogP contribution < -0.4 is 15.4 Å². The molecule has 10 nitrogen and oxygen atoms in total. The number of carbonyl (C=O) groups excluding carboxylic acids is 4. The minimum atomic E-state index is -1.81. The van der Waals surface area contributed by atoms with Crippen molar-refractivity contribution in [3.63, 3.8) is 0 Å². The highest BCUT2D eigenvalue weighted by Gasteiger charge is 2.54. The van der Waals surface area contributed by atoms with E-state index in [0.29, 0.717) is 11.3 Å². The Morgan fingerprint density at radius 1 is 1.13 bits per heavy atom. The molecule has 0 aromatic heterocycles. The molecular formula is C24H28Cl3N3O7S. The third kappa shape index (κ3) is 7.62. The maximum Gasteiger partial charge on any atom is 0.408 e. The molecule has 38 heavy (non-hydrogen) atoms. The summed E-state index contributed by atoms with van der Waals surface area (Å²) in [7, 11) is 1.50. The van der Waals surface area contributed by atoms with Crippen molar-refractivity contribution in [3.8, 4) is 5.75 Å². The van der Waals surface area contributed by atoms with Gasteiger partial charge in [0, 0.05) is 5.25 Å². The molecule has 3 rings (SSSR count). The second-order valence-electron chi connectivity index (χ2n) is 9.52. The summed E-state index contributed by atoms with van der Waals surface area (Å²) >= 11 is 18.3. The maximum atomic E-state index is 13.4. The zero-order valence-electron chi connectivity index (χ0n) is 21.3. The number of alkyl halides is 3. The van der Waals surface area contributed by atoms with E-state index < -0.39 is 57.3 Å². The van der Waals surface area contributed by atoms with Crippen LogP contribution in [0.3, 0.4) is 0 Å². The summed E-state index contributed by atoms with van der Waals surface area (Å²) in [4.78, 5) is 52.8. The van der Waals surface area contributed by atoms with Crippen molar-refractivity contribution in [3.05, 3.63) is 41.6 Å². The van der Waals surface area contributed by atoms with Crippen LogP contribution in [0.1, 0.15) is 39.3 Å². The minimum Gasteiger partial charge on any atom is -0.497 e. The van der Waals surface area contributed by atoms with Gasteiger partial charge in [0.25, 0.3) is 5.91 Å². The molecule has 1 aromatic rings. The fraction of sp³-hybridized carbons (Fsp3) is 0.500. The molecule has 0 radical (unpaired) electrons. The van der Waals surface area contributed by atoms with Gasteiger partial charge in [0.15, 0.2) is 0 Å². The molecule has 2 aliphatic heterocycles. The van der Waals surface area contributed by atoms with Crippen molar-refractivity contribution in [2.45, 2.75) is 59.8 Å². The Morgan fingerprint density at radius 2 is 1.76 bits per heavy atom. The van der Waals surface area contributed by atoms with Crippen molar-refractivity contribution in [1.29, 1.82) is 0 Å². The molecule has 0 saturated carbocycles. The number of β-lactam (4-membered cyclic amide) rings is 1. The summed E-state index contributed by atoms with van der Waals surface area (Å²) in [5.41, 5.74) is -0.347. The van der Waals surface area contributed by atoms with E-state index in [1.54, 1.807) is 51.1 Å². The molecule has 2 heterocycles. The number of carbonyl (C=O) groups is 4. The standard InChI is InChI=1S/C24H28Cl3N3O7S/c1-12-10-15(21(33)36-11-24(25,26)27)30-19(32)17(20(30)38-12)28-18(31)16(29-22(34)37-23(2,3)4)13-6-8-14(35-5)9-7-13/h6-10,12,16-17,20H,11H2,1-5H3,(H,28,31)(H,29,34)/t12?,16?,17?,20-/m1/s1. The van der Waals surface area contributed by atoms with Crippen LogP contribution in [0.15, 0.2) is 36.0 Å². The first kappa shape index (κ1) is 30.2. The fourth-order valence-electron chi connectivity index (χ4n) is 3.70. The third-order valence-electron chi connectivity index (χ3n) is 5.30. The van der Waals surface area contributed by atoms with Crippen molar-refractivity contribution < 1.29 is 33.4 Å². The predicted octanol–water partition coefficient (Wildman–Crippen LogP) is 3.85. The molecular weight excluding hydrogens is 581 g/mol. The summed E-state index contributed by atoms with van der Waals surface area (Å²) in [6.07, 6.45) is 0.764. The SMILES string of the molecule is COc1ccc(C(NC(=O)OC(C)(C)C)C(=O)NC2C(=O)N3C(C(=O)OCC(Cl)(Cl)Cl)=CC(C)S[C@H]23)cc1. The van der Waals surface area contributed by atoms with E-state index in [1.807, 2.05) is 6.92 Å². The van der Waals surface area contributed by atoms with E-state index in [1.165, 1.54) is 23.8 Å². The highest BCUT2D eigenvalue weighted by Crippen LogP contribution is 2.41. The molecule has 1 aromatic carbocycles. The van der Waals surface area contributed by atoms with Gasteiger partial charge >= 0.3 is 12.1 Å². The van der Waals surface area contributed by atoms with Crippen LogP contribution in [0.5, 0.6) is 5.75 Å². The molecule has 2 N–H and O–H groups in total. The van der Waals surface area contributed by atoms with E-state index in [0.717, 1.165) is 0 Å². The molecule has 0 spiro atoms. The highest BCUT2D eigenvalue weighted by atomic mass is 35.6. The van der Waals surface area contributed by atoms with E-state index in [4.69, 9.17) is 49.0 Å². The smallest absolute Gasteiger partial charge is 0.408 e. The number of nitrogens with one attached hydrogen (secondary N) is 2. The zero-order chi connectivity index (χ0) is 28.4. The number of alkyl carbamates (subject to hydrolysis) is 1. The monoisotopic (exact) mass is 607 g/mol. The summed E-state index contributed by atoms with van der Waals surface area (Å²) in [5, 5.41) is 4.50. The van der Waals surface area contributed by atoms with Crippen LogP contribution in [0.25, 0.3) is 0 Å². The number of thioether (sulfide) groups is 1. The van der Waals surface area contributed by atoms with Gasteiger partial charge in [-0.1, -0.05) is 46.9 Å². The molecule has 1 saturated heterocycles. The first-order valence-electron chi connectivity index (χ1n) is 11.5. The summed E-state index contributed by atoms with van der Waals surface area (Å²) in [5.74, 6) is -1.43. The lowest BCUT2D eigenvalue weighted by molar-refractivity contribution is -0.153. The van der Waals surface area contributed by atoms with Crippen molar-refractivity contribution in [2.75, 3.05) is 13.7 Å². The molecule has 208 valence electrons. The largest absolute Gasteiger partial charge is 0.497 e. The van der Waals surface area contributed by atoms with Crippen molar-refractivity contribution >= 4 is 70.4 Å². The Hall–Kier alpha value is -2.34. The van der Waals surface area contributed by atoms with Crippen LogP contribution in [0.2, 0.25) is 0 Å². The average Bonchev–Trinajstić information content (AvgIpc) is 2.82. The lowest BCUT2D eigenvalue weighted by Crippen LogP contribution is -2.71. The Balaban J connectivity index is 1.77. The van der Waals surface area contributed by atoms with Crippen LogP contribution in [-0.2, 0) is 23.9 Å². The molecule has 14 heteroatoms. The molecule has 2 aliphatic rings. The number of esters is 1. The number of hydrogen-bond donors (Lipinski definition) is 2. The predicted molar refractivity (Wildman–Crippen MR) is 144 cm³/mol. The van der Waals surface area contributed by atoms with Gasteiger partial charge in [-0.15, -0.1) is 11.8 Å². The zero-order valence-corrected chi connectivity index (χ0v) is 24.3. The third-order valence-corrected chi connectivity index (χ3v) is 6.95. The Labute approximate surface area is 239 Å². The van der Waals surface area contributed by atoms with E-state index >= 15 is 0 Å². The average molecular weight is 609 g/mol. The fourth-order valence-corrected chi connectivity index (χ4v) is 5.19. The highest BCUT2D eigenvalue weighted by molar-refractivity contribution is 8.00. The molecule has 4 atom stereocenters. The minimum absolute atomic E-state index is 0.00424.